The summed E-state index contributed by atoms with van der Waals surface area (Å²) in [5, 5.41) is 2.82. The van der Waals surface area contributed by atoms with Gasteiger partial charge >= 0.3 is 0 Å². The molecule has 3 aromatic carbocycles. The minimum absolute atomic E-state index is 0.104. The van der Waals surface area contributed by atoms with Crippen LogP contribution >= 0.6 is 11.8 Å². The topological polar surface area (TPSA) is 75.7 Å². The van der Waals surface area contributed by atoms with Crippen molar-refractivity contribution in [1.82, 2.24) is 5.32 Å². The van der Waals surface area contributed by atoms with Crippen LogP contribution in [0.2, 0.25) is 0 Å². The van der Waals surface area contributed by atoms with E-state index in [0.29, 0.717) is 29.3 Å². The van der Waals surface area contributed by atoms with E-state index in [9.17, 15) is 13.2 Å². The number of rotatable bonds is 10. The number of carbonyl (C=O) groups is 1. The van der Waals surface area contributed by atoms with Crippen LogP contribution in [0.4, 0.5) is 5.69 Å². The van der Waals surface area contributed by atoms with Crippen molar-refractivity contribution in [2.45, 2.75) is 16.7 Å². The predicted molar refractivity (Wildman–Crippen MR) is 129 cm³/mol. The fourth-order valence-electron chi connectivity index (χ4n) is 3.11. The normalized spacial score (nSPS) is 11.1. The van der Waals surface area contributed by atoms with Crippen molar-refractivity contribution >= 4 is 33.4 Å². The number of hydrogen-bond donors (Lipinski definition) is 1. The fraction of sp³-hybridized carbons (Fsp3) is 0.208. The molecule has 0 aliphatic rings. The van der Waals surface area contributed by atoms with Gasteiger partial charge < -0.3 is 10.1 Å². The van der Waals surface area contributed by atoms with Crippen LogP contribution in [0.1, 0.15) is 5.56 Å². The minimum Gasteiger partial charge on any atom is -0.496 e. The van der Waals surface area contributed by atoms with Crippen molar-refractivity contribution in [3.63, 3.8) is 0 Å². The number of carbonyl (C=O) groups excluding carboxylic acids is 1. The van der Waals surface area contributed by atoms with Gasteiger partial charge in [0, 0.05) is 17.2 Å². The van der Waals surface area contributed by atoms with Crippen molar-refractivity contribution in [1.29, 1.82) is 0 Å². The first-order valence-electron chi connectivity index (χ1n) is 10.1. The van der Waals surface area contributed by atoms with Gasteiger partial charge in [-0.05, 0) is 55.0 Å². The van der Waals surface area contributed by atoms with Gasteiger partial charge in [0.25, 0.3) is 10.0 Å². The maximum absolute atomic E-state index is 13.4. The summed E-state index contributed by atoms with van der Waals surface area (Å²) in [6.45, 7) is 1.90. The van der Waals surface area contributed by atoms with E-state index in [2.05, 4.69) is 5.32 Å². The third-order valence-electron chi connectivity index (χ3n) is 4.72. The number of para-hydroxylation sites is 1. The van der Waals surface area contributed by atoms with E-state index < -0.39 is 10.0 Å². The zero-order valence-electron chi connectivity index (χ0n) is 18.0. The summed E-state index contributed by atoms with van der Waals surface area (Å²) in [4.78, 5) is 13.9. The van der Waals surface area contributed by atoms with Crippen LogP contribution in [0, 0.1) is 6.92 Å². The lowest BCUT2D eigenvalue weighted by atomic mass is 10.2. The molecule has 3 rings (SSSR count). The molecule has 1 N–H and O–H groups in total. The van der Waals surface area contributed by atoms with Crippen LogP contribution in [0.15, 0.2) is 88.7 Å². The summed E-state index contributed by atoms with van der Waals surface area (Å²) < 4.78 is 33.2. The van der Waals surface area contributed by atoms with E-state index in [1.807, 2.05) is 30.3 Å². The second-order valence-electron chi connectivity index (χ2n) is 6.99. The van der Waals surface area contributed by atoms with Gasteiger partial charge in [-0.25, -0.2) is 8.42 Å². The predicted octanol–water partition coefficient (Wildman–Crippen LogP) is 4.11. The van der Waals surface area contributed by atoms with Crippen molar-refractivity contribution in [3.05, 3.63) is 84.4 Å². The third kappa shape index (κ3) is 6.05. The molecule has 6 nitrogen and oxygen atoms in total. The molecular weight excluding hydrogens is 444 g/mol. The Balaban J connectivity index is 1.73. The van der Waals surface area contributed by atoms with E-state index in [1.165, 1.54) is 13.2 Å². The summed E-state index contributed by atoms with van der Waals surface area (Å²) in [7, 11) is -2.42. The van der Waals surface area contributed by atoms with Crippen LogP contribution in [0.25, 0.3) is 0 Å². The first kappa shape index (κ1) is 23.7. The van der Waals surface area contributed by atoms with E-state index in [-0.39, 0.29) is 17.3 Å². The molecule has 32 heavy (non-hydrogen) atoms. The number of aryl methyl sites for hydroxylation is 1. The van der Waals surface area contributed by atoms with Crippen molar-refractivity contribution in [2.75, 3.05) is 30.3 Å². The van der Waals surface area contributed by atoms with Gasteiger partial charge in [0.1, 0.15) is 12.3 Å². The zero-order chi connectivity index (χ0) is 23.0. The van der Waals surface area contributed by atoms with E-state index in [0.717, 1.165) is 9.20 Å². The number of nitrogens with one attached hydrogen (secondary N) is 1. The largest absolute Gasteiger partial charge is 0.496 e. The number of sulfonamides is 1. The van der Waals surface area contributed by atoms with Crippen molar-refractivity contribution < 1.29 is 17.9 Å². The van der Waals surface area contributed by atoms with Gasteiger partial charge in [0.05, 0.1) is 17.7 Å². The molecule has 0 aliphatic heterocycles. The summed E-state index contributed by atoms with van der Waals surface area (Å²) in [5.41, 5.74) is 1.12. The molecule has 0 atom stereocenters. The van der Waals surface area contributed by atoms with Crippen LogP contribution < -0.4 is 14.4 Å². The number of nitrogens with zero attached hydrogens (tertiary/aromatic N) is 1. The van der Waals surface area contributed by atoms with Crippen LogP contribution in [-0.2, 0) is 14.8 Å². The monoisotopic (exact) mass is 470 g/mol. The molecule has 0 aromatic heterocycles. The fourth-order valence-corrected chi connectivity index (χ4v) is 5.41. The van der Waals surface area contributed by atoms with Gasteiger partial charge in [-0.3, -0.25) is 9.10 Å². The summed E-state index contributed by atoms with van der Waals surface area (Å²) >= 11 is 1.63. The highest BCUT2D eigenvalue weighted by molar-refractivity contribution is 7.99. The van der Waals surface area contributed by atoms with Crippen LogP contribution in [0.3, 0.4) is 0 Å². The Kier molecular flexibility index (Phi) is 8.19. The second kappa shape index (κ2) is 11.1. The second-order valence-corrected chi connectivity index (χ2v) is 10.0. The lowest BCUT2D eigenvalue weighted by molar-refractivity contribution is -0.119. The Hall–Kier alpha value is -2.97. The molecule has 168 valence electrons. The van der Waals surface area contributed by atoms with Crippen LogP contribution in [-0.4, -0.2) is 40.3 Å². The van der Waals surface area contributed by atoms with E-state index in [4.69, 9.17) is 4.74 Å². The Morgan fingerprint density at radius 3 is 2.28 bits per heavy atom. The van der Waals surface area contributed by atoms with Gasteiger partial charge in [0.2, 0.25) is 5.91 Å². The molecule has 0 saturated carbocycles. The number of thioether (sulfide) groups is 1. The Labute approximate surface area is 193 Å². The Morgan fingerprint density at radius 1 is 1.00 bits per heavy atom. The molecule has 0 fully saturated rings. The molecule has 0 heterocycles. The smallest absolute Gasteiger partial charge is 0.264 e. The quantitative estimate of drug-likeness (QED) is 0.357. The lowest BCUT2D eigenvalue weighted by Crippen LogP contribution is -2.41. The number of hydrogen-bond acceptors (Lipinski definition) is 5. The minimum atomic E-state index is -3.96. The van der Waals surface area contributed by atoms with E-state index in [1.54, 1.807) is 61.2 Å². The maximum Gasteiger partial charge on any atom is 0.264 e. The molecule has 0 bridgehead atoms. The van der Waals surface area contributed by atoms with Gasteiger partial charge in [-0.2, -0.15) is 0 Å². The summed E-state index contributed by atoms with van der Waals surface area (Å²) in [5.74, 6) is 0.922. The lowest BCUT2D eigenvalue weighted by Gasteiger charge is -2.24. The first-order valence-corrected chi connectivity index (χ1v) is 12.5. The molecule has 0 radical (unpaired) electrons. The molecule has 1 amide bonds. The highest BCUT2D eigenvalue weighted by Gasteiger charge is 2.27. The Bertz CT molecular complexity index is 1140. The number of amides is 1. The number of anilines is 1. The highest BCUT2D eigenvalue weighted by atomic mass is 32.2. The third-order valence-corrected chi connectivity index (χ3v) is 7.51. The van der Waals surface area contributed by atoms with Gasteiger partial charge in [-0.1, -0.05) is 36.4 Å². The van der Waals surface area contributed by atoms with Crippen LogP contribution in [0.5, 0.6) is 5.75 Å². The van der Waals surface area contributed by atoms with Crippen molar-refractivity contribution in [2.24, 2.45) is 0 Å². The first-order chi connectivity index (χ1) is 15.4. The zero-order valence-corrected chi connectivity index (χ0v) is 19.7. The molecular formula is C24H26N2O4S2. The Morgan fingerprint density at radius 2 is 1.66 bits per heavy atom. The molecule has 0 aliphatic carbocycles. The SMILES string of the molecule is COc1ccc(S(=O)(=O)N(CC(=O)NCCSc2ccccc2)c2ccccc2)cc1C. The number of benzene rings is 3. The maximum atomic E-state index is 13.4. The highest BCUT2D eigenvalue weighted by Crippen LogP contribution is 2.27. The van der Waals surface area contributed by atoms with Gasteiger partial charge in [-0.15, -0.1) is 11.8 Å². The molecule has 0 saturated heterocycles. The van der Waals surface area contributed by atoms with E-state index >= 15 is 0 Å². The van der Waals surface area contributed by atoms with Gasteiger partial charge in [0.15, 0.2) is 0 Å². The molecule has 0 unspecified atom stereocenters. The average Bonchev–Trinajstić information content (AvgIpc) is 2.81. The average molecular weight is 471 g/mol. The number of methoxy groups -OCH3 is 1. The summed E-state index contributed by atoms with van der Waals surface area (Å²) in [6, 6.07) is 23.2. The van der Waals surface area contributed by atoms with Crippen molar-refractivity contribution in [3.8, 4) is 5.75 Å². The molecule has 8 heteroatoms. The molecule has 3 aromatic rings. The number of ether oxygens (including phenoxy) is 1. The summed E-state index contributed by atoms with van der Waals surface area (Å²) in [6.07, 6.45) is 0. The standard InChI is InChI=1S/C24H26N2O4S2/c1-19-17-22(13-14-23(19)30-2)32(28,29)26(20-9-5-3-6-10-20)18-24(27)25-15-16-31-21-11-7-4-8-12-21/h3-14,17H,15-16,18H2,1-2H3,(H,25,27). The molecule has 0 spiro atoms.